The minimum absolute atomic E-state index is 0.0965. The lowest BCUT2D eigenvalue weighted by molar-refractivity contribution is 0.578. The van der Waals surface area contributed by atoms with Gasteiger partial charge in [0, 0.05) is 21.5 Å². The highest BCUT2D eigenvalue weighted by atomic mass is 35.5. The van der Waals surface area contributed by atoms with Crippen molar-refractivity contribution in [1.29, 1.82) is 0 Å². The van der Waals surface area contributed by atoms with Gasteiger partial charge in [-0.15, -0.1) is 11.8 Å². The third kappa shape index (κ3) is 4.49. The highest BCUT2D eigenvalue weighted by Gasteiger charge is 2.44. The fourth-order valence-corrected chi connectivity index (χ4v) is 10.1. The van der Waals surface area contributed by atoms with Crippen LogP contribution in [0.2, 0.25) is 5.02 Å². The average molecular weight is 487 g/mol. The van der Waals surface area contributed by atoms with E-state index in [0.717, 1.165) is 22.1 Å². The van der Waals surface area contributed by atoms with E-state index in [1.165, 1.54) is 16.7 Å². The number of rotatable bonds is 5. The molecular formula is C29H24ClOPS. The van der Waals surface area contributed by atoms with E-state index >= 15 is 4.57 Å². The van der Waals surface area contributed by atoms with E-state index in [1.54, 1.807) is 11.8 Å². The molecule has 5 rings (SSSR count). The number of benzene rings is 4. The molecule has 1 nitrogen and oxygen atoms in total. The largest absolute Gasteiger partial charge is 0.312 e. The highest BCUT2D eigenvalue weighted by molar-refractivity contribution is 8.11. The molecule has 4 aromatic rings. The summed E-state index contributed by atoms with van der Waals surface area (Å²) in [5.74, 6) is 0.109. The van der Waals surface area contributed by atoms with Crippen LogP contribution in [0, 0.1) is 0 Å². The van der Waals surface area contributed by atoms with Crippen molar-refractivity contribution < 1.29 is 4.57 Å². The summed E-state index contributed by atoms with van der Waals surface area (Å²) >= 11 is 7.84. The molecule has 0 bridgehead atoms. The summed E-state index contributed by atoms with van der Waals surface area (Å²) in [7, 11) is -2.95. The maximum absolute atomic E-state index is 15.2. The SMILES string of the molecule is O=P(c1ccccc1)(c1ccccc1)[C@H]1SC=C(c2ccc(Cl)cc2)C[C@@H]1c1ccccc1. The van der Waals surface area contributed by atoms with Gasteiger partial charge in [-0.3, -0.25) is 0 Å². The smallest absolute Gasteiger partial charge is 0.156 e. The molecule has 2 atom stereocenters. The maximum Gasteiger partial charge on any atom is 0.156 e. The predicted molar refractivity (Wildman–Crippen MR) is 144 cm³/mol. The Hall–Kier alpha value is -2.51. The molecule has 1 aliphatic rings. The molecule has 1 heterocycles. The van der Waals surface area contributed by atoms with E-state index < -0.39 is 7.14 Å². The topological polar surface area (TPSA) is 17.1 Å². The normalized spacial score (nSPS) is 18.5. The summed E-state index contributed by atoms with van der Waals surface area (Å²) in [6.45, 7) is 0. The Balaban J connectivity index is 1.66. The van der Waals surface area contributed by atoms with E-state index in [4.69, 9.17) is 11.6 Å². The van der Waals surface area contributed by atoms with Crippen molar-refractivity contribution in [3.8, 4) is 0 Å². The lowest BCUT2D eigenvalue weighted by atomic mass is 9.90. The van der Waals surface area contributed by atoms with E-state index in [-0.39, 0.29) is 10.9 Å². The lowest BCUT2D eigenvalue weighted by Crippen LogP contribution is -2.29. The molecule has 0 unspecified atom stereocenters. The fourth-order valence-electron chi connectivity index (χ4n) is 4.55. The van der Waals surface area contributed by atoms with Crippen LogP contribution < -0.4 is 10.6 Å². The number of allylic oxidation sites excluding steroid dienone is 1. The Morgan fingerprint density at radius 3 is 1.76 bits per heavy atom. The van der Waals surface area contributed by atoms with Crippen LogP contribution in [-0.2, 0) is 4.57 Å². The van der Waals surface area contributed by atoms with Crippen molar-refractivity contribution in [2.75, 3.05) is 0 Å². The molecular weight excluding hydrogens is 463 g/mol. The van der Waals surface area contributed by atoms with Crippen LogP contribution in [0.15, 0.2) is 121 Å². The molecule has 0 N–H and O–H groups in total. The third-order valence-electron chi connectivity index (χ3n) is 6.21. The summed E-state index contributed by atoms with van der Waals surface area (Å²) in [6, 6.07) is 38.6. The van der Waals surface area contributed by atoms with E-state index in [1.807, 2.05) is 78.9 Å². The van der Waals surface area contributed by atoms with Crippen LogP contribution >= 0.6 is 30.5 Å². The van der Waals surface area contributed by atoms with Crippen LogP contribution in [0.25, 0.3) is 5.57 Å². The van der Waals surface area contributed by atoms with Crippen molar-refractivity contribution in [3.63, 3.8) is 0 Å². The number of thioether (sulfide) groups is 1. The van der Waals surface area contributed by atoms with Gasteiger partial charge in [0.15, 0.2) is 7.14 Å². The van der Waals surface area contributed by atoms with Crippen LogP contribution in [0.1, 0.15) is 23.5 Å². The Bertz CT molecular complexity index is 1240. The van der Waals surface area contributed by atoms with Gasteiger partial charge in [-0.25, -0.2) is 0 Å². The Morgan fingerprint density at radius 1 is 0.697 bits per heavy atom. The minimum atomic E-state index is -2.95. The molecule has 4 heteroatoms. The first-order chi connectivity index (χ1) is 16.2. The number of hydrogen-bond donors (Lipinski definition) is 0. The van der Waals surface area contributed by atoms with Gasteiger partial charge < -0.3 is 4.57 Å². The van der Waals surface area contributed by atoms with E-state index in [0.29, 0.717) is 0 Å². The first kappa shape index (κ1) is 22.3. The second-order valence-electron chi connectivity index (χ2n) is 8.23. The molecule has 0 saturated heterocycles. The van der Waals surface area contributed by atoms with Crippen LogP contribution in [0.4, 0.5) is 0 Å². The molecule has 4 aromatic carbocycles. The summed E-state index contributed by atoms with van der Waals surface area (Å²) < 4.78 is 15.2. The standard InChI is InChI=1S/C29H24ClOPS/c30-25-18-16-22(17-19-25)24-20-28(23-10-4-1-5-11-23)29(33-21-24)32(31,26-12-6-2-7-13-26)27-14-8-3-9-15-27/h1-19,21,28-29H,20H2/t28-,29+/m1/s1. The molecule has 0 aliphatic carbocycles. The molecule has 0 saturated carbocycles. The van der Waals surface area contributed by atoms with Gasteiger partial charge in [0.05, 0.1) is 4.99 Å². The van der Waals surface area contributed by atoms with Crippen LogP contribution in [-0.4, -0.2) is 4.99 Å². The Labute approximate surface area is 204 Å². The van der Waals surface area contributed by atoms with Crippen molar-refractivity contribution >= 4 is 46.7 Å². The van der Waals surface area contributed by atoms with Crippen molar-refractivity contribution in [2.45, 2.75) is 17.3 Å². The van der Waals surface area contributed by atoms with Gasteiger partial charge in [-0.2, -0.15) is 0 Å². The summed E-state index contributed by atoms with van der Waals surface area (Å²) in [5.41, 5.74) is 3.65. The zero-order chi connectivity index (χ0) is 22.7. The quantitative estimate of drug-likeness (QED) is 0.266. The second-order valence-corrected chi connectivity index (χ2v) is 12.9. The van der Waals surface area contributed by atoms with Crippen LogP contribution in [0.5, 0.6) is 0 Å². The zero-order valence-electron chi connectivity index (χ0n) is 18.1. The lowest BCUT2D eigenvalue weighted by Gasteiger charge is -2.37. The van der Waals surface area contributed by atoms with E-state index in [2.05, 4.69) is 41.8 Å². The molecule has 1 aliphatic heterocycles. The van der Waals surface area contributed by atoms with Crippen molar-refractivity contribution in [3.05, 3.63) is 137 Å². The first-order valence-corrected chi connectivity index (χ1v) is 14.1. The Morgan fingerprint density at radius 2 is 1.21 bits per heavy atom. The summed E-state index contributed by atoms with van der Waals surface area (Å²) in [5, 5.41) is 4.78. The highest BCUT2D eigenvalue weighted by Crippen LogP contribution is 2.62. The van der Waals surface area contributed by atoms with Gasteiger partial charge >= 0.3 is 0 Å². The second kappa shape index (κ2) is 9.77. The molecule has 0 amide bonds. The summed E-state index contributed by atoms with van der Waals surface area (Å²) in [6.07, 6.45) is 0.826. The predicted octanol–water partition coefficient (Wildman–Crippen LogP) is 7.94. The monoisotopic (exact) mass is 486 g/mol. The van der Waals surface area contributed by atoms with Crippen molar-refractivity contribution in [2.24, 2.45) is 0 Å². The van der Waals surface area contributed by atoms with Gasteiger partial charge in [-0.05, 0) is 40.7 Å². The average Bonchev–Trinajstić information content (AvgIpc) is 2.90. The molecule has 0 fully saturated rings. The number of hydrogen-bond acceptors (Lipinski definition) is 2. The first-order valence-electron chi connectivity index (χ1n) is 11.0. The van der Waals surface area contributed by atoms with Crippen LogP contribution in [0.3, 0.4) is 0 Å². The molecule has 0 aromatic heterocycles. The van der Waals surface area contributed by atoms with Gasteiger partial charge in [0.2, 0.25) is 0 Å². The van der Waals surface area contributed by atoms with E-state index in [9.17, 15) is 0 Å². The molecule has 33 heavy (non-hydrogen) atoms. The number of halogens is 1. The fraction of sp³-hybridized carbons (Fsp3) is 0.103. The molecule has 164 valence electrons. The maximum atomic E-state index is 15.2. The minimum Gasteiger partial charge on any atom is -0.312 e. The zero-order valence-corrected chi connectivity index (χ0v) is 20.5. The molecule has 0 spiro atoms. The summed E-state index contributed by atoms with van der Waals surface area (Å²) in [4.78, 5) is -0.0965. The van der Waals surface area contributed by atoms with Gasteiger partial charge in [-0.1, -0.05) is 115 Å². The van der Waals surface area contributed by atoms with Crippen molar-refractivity contribution in [1.82, 2.24) is 0 Å². The van der Waals surface area contributed by atoms with Gasteiger partial charge in [0.1, 0.15) is 0 Å². The van der Waals surface area contributed by atoms with Gasteiger partial charge in [0.25, 0.3) is 0 Å². The Kier molecular flexibility index (Phi) is 6.60. The molecule has 0 radical (unpaired) electrons. The third-order valence-corrected chi connectivity index (χ3v) is 12.0.